The number of rotatable bonds is 5. The predicted octanol–water partition coefficient (Wildman–Crippen LogP) is 2.91. The topological polar surface area (TPSA) is 119 Å². The Labute approximate surface area is 159 Å². The van der Waals surface area contributed by atoms with Crippen LogP contribution in [0.1, 0.15) is 44.6 Å². The largest absolute Gasteiger partial charge is 0.383 e. The highest BCUT2D eigenvalue weighted by Crippen LogP contribution is 2.33. The van der Waals surface area contributed by atoms with Gasteiger partial charge in [0.25, 0.3) is 11.5 Å². The van der Waals surface area contributed by atoms with E-state index in [1.807, 2.05) is 5.38 Å². The first kappa shape index (κ1) is 17.7. The molecule has 1 aliphatic carbocycles. The number of anilines is 2. The van der Waals surface area contributed by atoms with Gasteiger partial charge < -0.3 is 16.0 Å². The van der Waals surface area contributed by atoms with Crippen molar-refractivity contribution in [1.29, 1.82) is 0 Å². The first-order chi connectivity index (χ1) is 13.1. The number of pyridine rings is 1. The molecule has 1 saturated carbocycles. The zero-order chi connectivity index (χ0) is 18.8. The third-order valence-corrected chi connectivity index (χ3v) is 5.89. The van der Waals surface area contributed by atoms with Crippen LogP contribution < -0.4 is 16.6 Å². The van der Waals surface area contributed by atoms with Gasteiger partial charge in [-0.05, 0) is 18.4 Å². The van der Waals surface area contributed by atoms with E-state index in [1.165, 1.54) is 41.5 Å². The molecule has 0 radical (unpaired) electrons. The lowest BCUT2D eigenvalue weighted by molar-refractivity contribution is -0.120. The number of fused-ring (bicyclic) bond motifs is 1. The van der Waals surface area contributed by atoms with Crippen LogP contribution in [0.15, 0.2) is 28.6 Å². The number of carbonyl (C=O) groups is 1. The van der Waals surface area contributed by atoms with E-state index in [2.05, 4.69) is 20.4 Å². The number of aromatic nitrogens is 4. The van der Waals surface area contributed by atoms with Crippen molar-refractivity contribution >= 4 is 39.1 Å². The second-order valence-corrected chi connectivity index (χ2v) is 7.87. The lowest BCUT2D eigenvalue weighted by Crippen LogP contribution is -2.30. The minimum absolute atomic E-state index is 0.202. The molecule has 4 N–H and O–H groups in total. The Balaban J connectivity index is 1.70. The second-order valence-electron chi connectivity index (χ2n) is 6.98. The number of amides is 1. The first-order valence-corrected chi connectivity index (χ1v) is 10.1. The van der Waals surface area contributed by atoms with Crippen molar-refractivity contribution in [2.45, 2.75) is 44.6 Å². The number of H-pyrrole nitrogens is 1. The second kappa shape index (κ2) is 7.51. The summed E-state index contributed by atoms with van der Waals surface area (Å²) in [7, 11) is 0. The smallest absolute Gasteiger partial charge is 0.261 e. The molecule has 1 aliphatic rings. The van der Waals surface area contributed by atoms with Crippen LogP contribution >= 0.6 is 11.3 Å². The SMILES string of the molecule is Nc1c2c(=O)[nH]ccc2nn1C(CC1CCCCC1)C(=O)Nc1nccs1. The van der Waals surface area contributed by atoms with Crippen LogP contribution in [-0.2, 0) is 4.79 Å². The Hall–Kier alpha value is -2.68. The molecule has 27 heavy (non-hydrogen) atoms. The lowest BCUT2D eigenvalue weighted by Gasteiger charge is -2.26. The average molecular weight is 386 g/mol. The number of nitrogen functional groups attached to an aromatic ring is 1. The molecule has 0 bridgehead atoms. The van der Waals surface area contributed by atoms with E-state index in [0.717, 1.165) is 12.8 Å². The molecule has 3 heterocycles. The van der Waals surface area contributed by atoms with Gasteiger partial charge in [-0.1, -0.05) is 32.1 Å². The molecular formula is C18H22N6O2S. The summed E-state index contributed by atoms with van der Waals surface area (Å²) in [6, 6.07) is 1.11. The highest BCUT2D eigenvalue weighted by atomic mass is 32.1. The molecule has 3 aromatic rings. The minimum atomic E-state index is -0.580. The first-order valence-electron chi connectivity index (χ1n) is 9.19. The molecule has 0 aliphatic heterocycles. The van der Waals surface area contributed by atoms with E-state index >= 15 is 0 Å². The van der Waals surface area contributed by atoms with Gasteiger partial charge in [-0.25, -0.2) is 9.67 Å². The summed E-state index contributed by atoms with van der Waals surface area (Å²) in [6.07, 6.45) is 9.64. The zero-order valence-electron chi connectivity index (χ0n) is 14.9. The Morgan fingerprint density at radius 2 is 2.22 bits per heavy atom. The summed E-state index contributed by atoms with van der Waals surface area (Å²) in [4.78, 5) is 32.0. The summed E-state index contributed by atoms with van der Waals surface area (Å²) in [5.74, 6) is 0.462. The molecule has 1 unspecified atom stereocenters. The summed E-state index contributed by atoms with van der Waals surface area (Å²) >= 11 is 1.36. The zero-order valence-corrected chi connectivity index (χ0v) is 15.7. The Morgan fingerprint density at radius 3 is 2.93 bits per heavy atom. The molecule has 8 nitrogen and oxygen atoms in total. The van der Waals surface area contributed by atoms with E-state index in [1.54, 1.807) is 12.3 Å². The van der Waals surface area contributed by atoms with Crippen molar-refractivity contribution in [3.05, 3.63) is 34.2 Å². The van der Waals surface area contributed by atoms with E-state index in [4.69, 9.17) is 5.73 Å². The summed E-state index contributed by atoms with van der Waals surface area (Å²) in [6.45, 7) is 0. The average Bonchev–Trinajstić information content (AvgIpc) is 3.29. The fourth-order valence-corrected chi connectivity index (χ4v) is 4.38. The lowest BCUT2D eigenvalue weighted by atomic mass is 9.84. The number of nitrogens with zero attached hydrogens (tertiary/aromatic N) is 3. The number of hydrogen-bond acceptors (Lipinski definition) is 6. The van der Waals surface area contributed by atoms with Gasteiger partial charge in [0.15, 0.2) is 5.13 Å². The van der Waals surface area contributed by atoms with Gasteiger partial charge in [-0.3, -0.25) is 9.59 Å². The number of hydrogen-bond donors (Lipinski definition) is 3. The third kappa shape index (κ3) is 3.59. The Morgan fingerprint density at radius 1 is 1.41 bits per heavy atom. The molecule has 0 spiro atoms. The van der Waals surface area contributed by atoms with E-state index < -0.39 is 6.04 Å². The molecular weight excluding hydrogens is 364 g/mol. The van der Waals surface area contributed by atoms with Crippen molar-refractivity contribution in [3.63, 3.8) is 0 Å². The van der Waals surface area contributed by atoms with Gasteiger partial charge in [0, 0.05) is 17.8 Å². The molecule has 1 amide bonds. The monoisotopic (exact) mass is 386 g/mol. The minimum Gasteiger partial charge on any atom is -0.383 e. The number of nitrogens with two attached hydrogens (primary N) is 1. The highest BCUT2D eigenvalue weighted by Gasteiger charge is 2.29. The van der Waals surface area contributed by atoms with Crippen molar-refractivity contribution < 1.29 is 4.79 Å². The molecule has 0 aromatic carbocycles. The summed E-state index contributed by atoms with van der Waals surface area (Å²) in [5.41, 5.74) is 6.44. The molecule has 1 fully saturated rings. The normalized spacial score (nSPS) is 16.4. The van der Waals surface area contributed by atoms with Gasteiger partial charge in [-0.2, -0.15) is 5.10 Å². The number of thiazole rings is 1. The Kier molecular flexibility index (Phi) is 4.93. The maximum Gasteiger partial charge on any atom is 0.261 e. The highest BCUT2D eigenvalue weighted by molar-refractivity contribution is 7.13. The van der Waals surface area contributed by atoms with E-state index in [0.29, 0.717) is 28.4 Å². The van der Waals surface area contributed by atoms with Gasteiger partial charge in [0.05, 0.1) is 0 Å². The summed E-state index contributed by atoms with van der Waals surface area (Å²) < 4.78 is 1.51. The number of aromatic amines is 1. The van der Waals surface area contributed by atoms with Crippen LogP contribution in [0.3, 0.4) is 0 Å². The van der Waals surface area contributed by atoms with E-state index in [9.17, 15) is 9.59 Å². The maximum atomic E-state index is 13.1. The van der Waals surface area contributed by atoms with Gasteiger partial charge in [-0.15, -0.1) is 11.3 Å². The van der Waals surface area contributed by atoms with Crippen LogP contribution in [0.4, 0.5) is 10.9 Å². The molecule has 3 aromatic heterocycles. The fraction of sp³-hybridized carbons (Fsp3) is 0.444. The number of carbonyl (C=O) groups excluding carboxylic acids is 1. The van der Waals surface area contributed by atoms with Crippen molar-refractivity contribution in [1.82, 2.24) is 19.7 Å². The maximum absolute atomic E-state index is 13.1. The van der Waals surface area contributed by atoms with Crippen molar-refractivity contribution in [2.75, 3.05) is 11.1 Å². The summed E-state index contributed by atoms with van der Waals surface area (Å²) in [5, 5.41) is 10.0. The predicted molar refractivity (Wildman–Crippen MR) is 106 cm³/mol. The number of nitrogens with one attached hydrogen (secondary N) is 2. The molecule has 4 rings (SSSR count). The van der Waals surface area contributed by atoms with Crippen LogP contribution in [-0.4, -0.2) is 25.7 Å². The van der Waals surface area contributed by atoms with Crippen LogP contribution in [0.5, 0.6) is 0 Å². The van der Waals surface area contributed by atoms with Crippen molar-refractivity contribution in [2.24, 2.45) is 5.92 Å². The molecule has 0 saturated heterocycles. The molecule has 142 valence electrons. The van der Waals surface area contributed by atoms with Crippen LogP contribution in [0.25, 0.3) is 10.9 Å². The van der Waals surface area contributed by atoms with E-state index in [-0.39, 0.29) is 17.3 Å². The Bertz CT molecular complexity index is 987. The third-order valence-electron chi connectivity index (χ3n) is 5.20. The fourth-order valence-electron chi connectivity index (χ4n) is 3.85. The van der Waals surface area contributed by atoms with Crippen LogP contribution in [0.2, 0.25) is 0 Å². The molecule has 9 heteroatoms. The van der Waals surface area contributed by atoms with Crippen molar-refractivity contribution in [3.8, 4) is 0 Å². The van der Waals surface area contributed by atoms with Gasteiger partial charge >= 0.3 is 0 Å². The van der Waals surface area contributed by atoms with Gasteiger partial charge in [0.2, 0.25) is 0 Å². The quantitative estimate of drug-likeness (QED) is 0.623. The van der Waals surface area contributed by atoms with Crippen LogP contribution in [0, 0.1) is 5.92 Å². The van der Waals surface area contributed by atoms with Gasteiger partial charge in [0.1, 0.15) is 22.8 Å². The standard InChI is InChI=1S/C18H22N6O2S/c19-15-14-12(6-7-20-17(14)26)23-24(15)13(10-11-4-2-1-3-5-11)16(25)22-18-21-8-9-27-18/h6-9,11,13H,1-5,10,19H2,(H,20,26)(H,21,22,25). The molecule has 1 atom stereocenters.